The predicted molar refractivity (Wildman–Crippen MR) is 54.3 cm³/mol. The second-order valence-electron chi connectivity index (χ2n) is 2.95. The maximum atomic E-state index is 5.57. The van der Waals surface area contributed by atoms with Gasteiger partial charge in [0.2, 0.25) is 0 Å². The molecule has 0 saturated carbocycles. The zero-order chi connectivity index (χ0) is 9.72. The molecule has 0 atom stereocenters. The topological polar surface area (TPSA) is 26.0 Å². The molecule has 0 radical (unpaired) electrons. The summed E-state index contributed by atoms with van der Waals surface area (Å²) in [6, 6.07) is 0. The summed E-state index contributed by atoms with van der Waals surface area (Å²) in [5.74, 6) is 2.52. The Bertz CT molecular complexity index is 277. The lowest BCUT2D eigenvalue weighted by Gasteiger charge is -2.02. The van der Waals surface area contributed by atoms with E-state index < -0.39 is 0 Å². The quantitative estimate of drug-likeness (QED) is 0.488. The molecule has 0 aliphatic heterocycles. The van der Waals surface area contributed by atoms with E-state index in [4.69, 9.17) is 12.2 Å². The summed E-state index contributed by atoms with van der Waals surface area (Å²) >= 11 is 0. The van der Waals surface area contributed by atoms with Crippen molar-refractivity contribution in [3.05, 3.63) is 35.1 Å². The first-order valence-corrected chi connectivity index (χ1v) is 3.76. The molecular formula is C11H15N. The molecule has 2 N–H and O–H groups in total. The number of rotatable bonds is 2. The second-order valence-corrected chi connectivity index (χ2v) is 2.95. The molecule has 0 amide bonds. The van der Waals surface area contributed by atoms with Crippen LogP contribution in [0.3, 0.4) is 0 Å². The van der Waals surface area contributed by atoms with Crippen LogP contribution in [0, 0.1) is 12.3 Å². The maximum Gasteiger partial charge on any atom is 0.0493 e. The lowest BCUT2D eigenvalue weighted by atomic mass is 10.0. The van der Waals surface area contributed by atoms with Crippen LogP contribution < -0.4 is 5.73 Å². The normalized spacial score (nSPS) is 11.2. The number of allylic oxidation sites excluding steroid dienone is 5. The summed E-state index contributed by atoms with van der Waals surface area (Å²) in [6.07, 6.45) is 7.19. The molecule has 0 unspecified atom stereocenters. The van der Waals surface area contributed by atoms with Crippen LogP contribution in [0.1, 0.15) is 20.8 Å². The zero-order valence-corrected chi connectivity index (χ0v) is 7.94. The molecule has 0 saturated heterocycles. The highest BCUT2D eigenvalue weighted by molar-refractivity contribution is 5.50. The van der Waals surface area contributed by atoms with Gasteiger partial charge in [0.1, 0.15) is 0 Å². The van der Waals surface area contributed by atoms with Crippen LogP contribution >= 0.6 is 0 Å². The summed E-state index contributed by atoms with van der Waals surface area (Å²) in [5.41, 5.74) is 8.87. The van der Waals surface area contributed by atoms with E-state index in [0.717, 1.165) is 11.1 Å². The Kier molecular flexibility index (Phi) is 3.93. The van der Waals surface area contributed by atoms with Gasteiger partial charge in [0.25, 0.3) is 0 Å². The highest BCUT2D eigenvalue weighted by Crippen LogP contribution is 2.12. The first kappa shape index (κ1) is 10.6. The number of hydrogen-bond acceptors (Lipinski definition) is 1. The van der Waals surface area contributed by atoms with E-state index in [2.05, 4.69) is 12.5 Å². The van der Waals surface area contributed by atoms with Crippen molar-refractivity contribution in [3.63, 3.8) is 0 Å². The maximum absolute atomic E-state index is 5.57. The van der Waals surface area contributed by atoms with Gasteiger partial charge in [0.05, 0.1) is 0 Å². The molecule has 64 valence electrons. The molecule has 0 heterocycles. The van der Waals surface area contributed by atoms with Gasteiger partial charge in [-0.3, -0.25) is 0 Å². The van der Waals surface area contributed by atoms with E-state index in [-0.39, 0.29) is 0 Å². The molecule has 0 fully saturated rings. The lowest BCUT2D eigenvalue weighted by molar-refractivity contribution is 1.26. The highest BCUT2D eigenvalue weighted by Gasteiger charge is 1.98. The van der Waals surface area contributed by atoms with Gasteiger partial charge >= 0.3 is 0 Å². The summed E-state index contributed by atoms with van der Waals surface area (Å²) in [4.78, 5) is 0. The van der Waals surface area contributed by atoms with Crippen LogP contribution in [0.15, 0.2) is 35.1 Å². The van der Waals surface area contributed by atoms with Gasteiger partial charge in [0.15, 0.2) is 0 Å². The molecule has 0 rings (SSSR count). The minimum absolute atomic E-state index is 0.639. The highest BCUT2D eigenvalue weighted by atomic mass is 14.6. The SMILES string of the molecule is C#C/C(C(=C)C=C(C)C)=C(/C)N. The van der Waals surface area contributed by atoms with Crippen LogP contribution in [0.4, 0.5) is 0 Å². The van der Waals surface area contributed by atoms with Crippen LogP contribution in [0.25, 0.3) is 0 Å². The molecule has 1 nitrogen and oxygen atoms in total. The van der Waals surface area contributed by atoms with Gasteiger partial charge in [-0.2, -0.15) is 0 Å². The first-order chi connectivity index (χ1) is 5.49. The fourth-order valence-corrected chi connectivity index (χ4v) is 0.880. The summed E-state index contributed by atoms with van der Waals surface area (Å²) < 4.78 is 0. The average Bonchev–Trinajstić information content (AvgIpc) is 1.85. The van der Waals surface area contributed by atoms with Gasteiger partial charge in [-0.1, -0.05) is 24.1 Å². The fraction of sp³-hybridized carbons (Fsp3) is 0.273. The Morgan fingerprint density at radius 1 is 1.42 bits per heavy atom. The Balaban J connectivity index is 4.85. The Labute approximate surface area is 74.7 Å². The molecule has 0 aromatic carbocycles. The second kappa shape index (κ2) is 4.46. The largest absolute Gasteiger partial charge is 0.401 e. The van der Waals surface area contributed by atoms with Crippen molar-refractivity contribution < 1.29 is 0 Å². The molecule has 0 bridgehead atoms. The smallest absolute Gasteiger partial charge is 0.0493 e. The summed E-state index contributed by atoms with van der Waals surface area (Å²) in [6.45, 7) is 9.59. The molecule has 1 heteroatoms. The third-order valence-corrected chi connectivity index (χ3v) is 1.32. The van der Waals surface area contributed by atoms with E-state index in [0.29, 0.717) is 11.3 Å². The lowest BCUT2D eigenvalue weighted by Crippen LogP contribution is -1.97. The molecule has 0 aliphatic carbocycles. The first-order valence-electron chi connectivity index (χ1n) is 3.76. The molecular weight excluding hydrogens is 146 g/mol. The minimum Gasteiger partial charge on any atom is -0.401 e. The molecule has 0 aromatic rings. The van der Waals surface area contributed by atoms with E-state index in [1.807, 2.05) is 19.9 Å². The Morgan fingerprint density at radius 2 is 1.92 bits per heavy atom. The van der Waals surface area contributed by atoms with Crippen molar-refractivity contribution >= 4 is 0 Å². The Morgan fingerprint density at radius 3 is 2.17 bits per heavy atom. The predicted octanol–water partition coefficient (Wildman–Crippen LogP) is 2.37. The van der Waals surface area contributed by atoms with Gasteiger partial charge in [-0.15, -0.1) is 6.42 Å². The Hall–Kier alpha value is -1.42. The fourth-order valence-electron chi connectivity index (χ4n) is 0.880. The summed E-state index contributed by atoms with van der Waals surface area (Å²) in [7, 11) is 0. The summed E-state index contributed by atoms with van der Waals surface area (Å²) in [5, 5.41) is 0. The van der Waals surface area contributed by atoms with Gasteiger partial charge in [-0.25, -0.2) is 0 Å². The zero-order valence-electron chi connectivity index (χ0n) is 7.94. The van der Waals surface area contributed by atoms with Crippen LogP contribution in [-0.2, 0) is 0 Å². The van der Waals surface area contributed by atoms with E-state index >= 15 is 0 Å². The monoisotopic (exact) mass is 161 g/mol. The molecule has 0 spiro atoms. The minimum atomic E-state index is 0.639. The van der Waals surface area contributed by atoms with Gasteiger partial charge in [-0.05, 0) is 26.3 Å². The van der Waals surface area contributed by atoms with Crippen molar-refractivity contribution in [2.45, 2.75) is 20.8 Å². The molecule has 0 aliphatic rings. The standard InChI is InChI=1S/C11H15N/c1-6-11(10(5)12)9(4)7-8(2)3/h1,7H,4,12H2,2-3,5H3/b11-10+. The van der Waals surface area contributed by atoms with Crippen molar-refractivity contribution in [3.8, 4) is 12.3 Å². The number of hydrogen-bond donors (Lipinski definition) is 1. The van der Waals surface area contributed by atoms with Crippen molar-refractivity contribution in [1.29, 1.82) is 0 Å². The number of terminal acetylenes is 1. The van der Waals surface area contributed by atoms with Crippen molar-refractivity contribution in [2.24, 2.45) is 5.73 Å². The van der Waals surface area contributed by atoms with Crippen LogP contribution in [0.5, 0.6) is 0 Å². The van der Waals surface area contributed by atoms with Gasteiger partial charge < -0.3 is 5.73 Å². The van der Waals surface area contributed by atoms with Crippen molar-refractivity contribution in [2.75, 3.05) is 0 Å². The van der Waals surface area contributed by atoms with E-state index in [1.54, 1.807) is 6.92 Å². The number of nitrogens with two attached hydrogens (primary N) is 1. The van der Waals surface area contributed by atoms with E-state index in [9.17, 15) is 0 Å². The van der Waals surface area contributed by atoms with Gasteiger partial charge in [0, 0.05) is 11.3 Å². The van der Waals surface area contributed by atoms with E-state index in [1.165, 1.54) is 0 Å². The average molecular weight is 161 g/mol. The third kappa shape index (κ3) is 3.12. The molecule has 0 aromatic heterocycles. The van der Waals surface area contributed by atoms with Crippen LogP contribution in [0.2, 0.25) is 0 Å². The van der Waals surface area contributed by atoms with Crippen LogP contribution in [-0.4, -0.2) is 0 Å². The third-order valence-electron chi connectivity index (χ3n) is 1.32. The molecule has 12 heavy (non-hydrogen) atoms. The van der Waals surface area contributed by atoms with Crippen molar-refractivity contribution in [1.82, 2.24) is 0 Å².